The van der Waals surface area contributed by atoms with Crippen molar-refractivity contribution in [2.24, 2.45) is 11.3 Å². The van der Waals surface area contributed by atoms with E-state index in [1.54, 1.807) is 0 Å². The predicted octanol–water partition coefficient (Wildman–Crippen LogP) is 4.39. The highest BCUT2D eigenvalue weighted by molar-refractivity contribution is 5.31. The summed E-state index contributed by atoms with van der Waals surface area (Å²) in [5.41, 5.74) is 4.68. The number of hydrogen-bond acceptors (Lipinski definition) is 1. The molecule has 2 atom stereocenters. The molecule has 1 aliphatic carbocycles. The van der Waals surface area contributed by atoms with Gasteiger partial charge in [-0.05, 0) is 50.6 Å². The molecule has 0 radical (unpaired) electrons. The van der Waals surface area contributed by atoms with Crippen LogP contribution in [-0.4, -0.2) is 7.05 Å². The Morgan fingerprint density at radius 1 is 1.17 bits per heavy atom. The molecule has 1 aliphatic rings. The fourth-order valence-corrected chi connectivity index (χ4v) is 3.76. The lowest BCUT2D eigenvalue weighted by molar-refractivity contribution is 0.203. The fraction of sp³-hybridized carbons (Fsp3) is 0.647. The molecule has 1 N–H and O–H groups in total. The van der Waals surface area contributed by atoms with Gasteiger partial charge in [0.15, 0.2) is 0 Å². The zero-order valence-corrected chi connectivity index (χ0v) is 12.5. The first-order chi connectivity index (χ1) is 8.44. The van der Waals surface area contributed by atoms with Gasteiger partial charge in [-0.3, -0.25) is 0 Å². The fourth-order valence-electron chi connectivity index (χ4n) is 3.76. The van der Waals surface area contributed by atoms with Gasteiger partial charge >= 0.3 is 0 Å². The molecule has 2 rings (SSSR count). The molecule has 0 heterocycles. The lowest BCUT2D eigenvalue weighted by Gasteiger charge is -2.34. The highest BCUT2D eigenvalue weighted by Gasteiger charge is 2.39. The first-order valence-corrected chi connectivity index (χ1v) is 7.19. The molecule has 18 heavy (non-hydrogen) atoms. The normalized spacial score (nSPS) is 24.2. The van der Waals surface area contributed by atoms with E-state index in [2.05, 4.69) is 58.3 Å². The van der Waals surface area contributed by atoms with Crippen molar-refractivity contribution < 1.29 is 0 Å². The van der Waals surface area contributed by atoms with Crippen LogP contribution in [0.4, 0.5) is 0 Å². The Morgan fingerprint density at radius 2 is 1.78 bits per heavy atom. The van der Waals surface area contributed by atoms with Gasteiger partial charge in [0.2, 0.25) is 0 Å². The molecule has 0 aliphatic heterocycles. The zero-order valence-electron chi connectivity index (χ0n) is 12.5. The Balaban J connectivity index is 2.33. The Labute approximate surface area is 112 Å². The SMILES string of the molecule is CNC(c1cc(C)cc(C)c1)C1CCCC1(C)C. The van der Waals surface area contributed by atoms with Crippen molar-refractivity contribution in [1.82, 2.24) is 5.32 Å². The maximum absolute atomic E-state index is 3.57. The third-order valence-electron chi connectivity index (χ3n) is 4.66. The van der Waals surface area contributed by atoms with E-state index in [1.807, 2.05) is 0 Å². The van der Waals surface area contributed by atoms with Crippen molar-refractivity contribution in [2.45, 2.75) is 53.0 Å². The Kier molecular flexibility index (Phi) is 3.82. The molecular weight excluding hydrogens is 218 g/mol. The monoisotopic (exact) mass is 245 g/mol. The van der Waals surface area contributed by atoms with Crippen molar-refractivity contribution in [3.05, 3.63) is 34.9 Å². The molecule has 0 amide bonds. The van der Waals surface area contributed by atoms with E-state index < -0.39 is 0 Å². The molecule has 1 fully saturated rings. The van der Waals surface area contributed by atoms with Gasteiger partial charge in [0.25, 0.3) is 0 Å². The number of rotatable bonds is 3. The summed E-state index contributed by atoms with van der Waals surface area (Å²) in [6.07, 6.45) is 4.09. The molecule has 2 unspecified atom stereocenters. The van der Waals surface area contributed by atoms with Crippen LogP contribution in [0.15, 0.2) is 18.2 Å². The maximum atomic E-state index is 3.57. The number of benzene rings is 1. The van der Waals surface area contributed by atoms with Gasteiger partial charge in [-0.2, -0.15) is 0 Å². The van der Waals surface area contributed by atoms with E-state index in [0.717, 1.165) is 5.92 Å². The van der Waals surface area contributed by atoms with Crippen LogP contribution >= 0.6 is 0 Å². The molecular formula is C17H27N. The summed E-state index contributed by atoms with van der Waals surface area (Å²) in [7, 11) is 2.11. The van der Waals surface area contributed by atoms with Gasteiger partial charge < -0.3 is 5.32 Å². The Bertz CT molecular complexity index is 399. The molecule has 1 aromatic carbocycles. The average Bonchev–Trinajstić information content (AvgIpc) is 2.59. The summed E-state index contributed by atoms with van der Waals surface area (Å²) in [5, 5.41) is 3.57. The molecule has 0 bridgehead atoms. The summed E-state index contributed by atoms with van der Waals surface area (Å²) >= 11 is 0. The van der Waals surface area contributed by atoms with Crippen LogP contribution in [0.2, 0.25) is 0 Å². The molecule has 1 saturated carbocycles. The minimum absolute atomic E-state index is 0.464. The number of nitrogens with one attached hydrogen (secondary N) is 1. The summed E-state index contributed by atoms with van der Waals surface area (Å²) in [6, 6.07) is 7.46. The third-order valence-corrected chi connectivity index (χ3v) is 4.66. The van der Waals surface area contributed by atoms with E-state index in [1.165, 1.54) is 36.0 Å². The maximum Gasteiger partial charge on any atom is 0.0351 e. The first kappa shape index (κ1) is 13.6. The van der Waals surface area contributed by atoms with Crippen LogP contribution in [0, 0.1) is 25.2 Å². The van der Waals surface area contributed by atoms with E-state index in [0.29, 0.717) is 11.5 Å². The second-order valence-corrected chi connectivity index (χ2v) is 6.67. The van der Waals surface area contributed by atoms with Crippen LogP contribution in [-0.2, 0) is 0 Å². The van der Waals surface area contributed by atoms with Gasteiger partial charge in [-0.1, -0.05) is 49.6 Å². The van der Waals surface area contributed by atoms with E-state index in [9.17, 15) is 0 Å². The lowest BCUT2D eigenvalue weighted by Crippen LogP contribution is -2.32. The second-order valence-electron chi connectivity index (χ2n) is 6.67. The predicted molar refractivity (Wildman–Crippen MR) is 78.8 cm³/mol. The third kappa shape index (κ3) is 2.61. The largest absolute Gasteiger partial charge is 0.313 e. The second kappa shape index (κ2) is 5.05. The Morgan fingerprint density at radius 3 is 2.22 bits per heavy atom. The smallest absolute Gasteiger partial charge is 0.0351 e. The average molecular weight is 245 g/mol. The number of aryl methyl sites for hydroxylation is 2. The van der Waals surface area contributed by atoms with Gasteiger partial charge in [-0.25, -0.2) is 0 Å². The minimum atomic E-state index is 0.464. The van der Waals surface area contributed by atoms with Crippen molar-refractivity contribution >= 4 is 0 Å². The molecule has 0 spiro atoms. The lowest BCUT2D eigenvalue weighted by atomic mass is 9.75. The van der Waals surface area contributed by atoms with Crippen molar-refractivity contribution in [1.29, 1.82) is 0 Å². The van der Waals surface area contributed by atoms with Crippen molar-refractivity contribution in [3.8, 4) is 0 Å². The molecule has 1 nitrogen and oxygen atoms in total. The highest BCUT2D eigenvalue weighted by Crippen LogP contribution is 2.48. The molecule has 1 heteroatoms. The molecule has 0 saturated heterocycles. The Hall–Kier alpha value is -0.820. The molecule has 1 aromatic rings. The van der Waals surface area contributed by atoms with Gasteiger partial charge in [-0.15, -0.1) is 0 Å². The van der Waals surface area contributed by atoms with E-state index in [-0.39, 0.29) is 0 Å². The van der Waals surface area contributed by atoms with Gasteiger partial charge in [0.05, 0.1) is 0 Å². The standard InChI is InChI=1S/C17H27N/c1-12-9-13(2)11-14(10-12)16(18-5)15-7-6-8-17(15,3)4/h9-11,15-16,18H,6-8H2,1-5H3. The summed E-state index contributed by atoms with van der Waals surface area (Å²) in [4.78, 5) is 0. The zero-order chi connectivity index (χ0) is 13.3. The summed E-state index contributed by atoms with van der Waals surface area (Å²) < 4.78 is 0. The highest BCUT2D eigenvalue weighted by atomic mass is 14.9. The van der Waals surface area contributed by atoms with Crippen molar-refractivity contribution in [2.75, 3.05) is 7.05 Å². The summed E-state index contributed by atoms with van der Waals surface area (Å²) in [6.45, 7) is 9.25. The van der Waals surface area contributed by atoms with E-state index in [4.69, 9.17) is 0 Å². The minimum Gasteiger partial charge on any atom is -0.313 e. The number of hydrogen-bond donors (Lipinski definition) is 1. The van der Waals surface area contributed by atoms with Gasteiger partial charge in [0, 0.05) is 6.04 Å². The van der Waals surface area contributed by atoms with Crippen molar-refractivity contribution in [3.63, 3.8) is 0 Å². The summed E-state index contributed by atoms with van der Waals surface area (Å²) in [5.74, 6) is 0.753. The quantitative estimate of drug-likeness (QED) is 0.832. The molecule has 100 valence electrons. The molecule has 0 aromatic heterocycles. The van der Waals surface area contributed by atoms with Crippen LogP contribution in [0.1, 0.15) is 55.8 Å². The van der Waals surface area contributed by atoms with Crippen LogP contribution in [0.3, 0.4) is 0 Å². The van der Waals surface area contributed by atoms with E-state index >= 15 is 0 Å². The van der Waals surface area contributed by atoms with Crippen LogP contribution < -0.4 is 5.32 Å². The first-order valence-electron chi connectivity index (χ1n) is 7.19. The van der Waals surface area contributed by atoms with Crippen LogP contribution in [0.25, 0.3) is 0 Å². The van der Waals surface area contributed by atoms with Crippen LogP contribution in [0.5, 0.6) is 0 Å². The van der Waals surface area contributed by atoms with Gasteiger partial charge in [0.1, 0.15) is 0 Å². The topological polar surface area (TPSA) is 12.0 Å².